The molecule has 3 aromatic rings. The molecule has 0 saturated carbocycles. The number of phenols is 2. The van der Waals surface area contributed by atoms with Gasteiger partial charge in [0.1, 0.15) is 84.0 Å². The lowest BCUT2D eigenvalue weighted by Gasteiger charge is -2.30. The van der Waals surface area contributed by atoms with Crippen LogP contribution in [0.25, 0.3) is 0 Å². The van der Waals surface area contributed by atoms with Gasteiger partial charge in [-0.2, -0.15) is 0 Å². The Morgan fingerprint density at radius 3 is 1.30 bits per heavy atom. The molecule has 0 aliphatic carbocycles. The zero-order valence-electron chi connectivity index (χ0n) is 72.9. The minimum atomic E-state index is -2.23. The van der Waals surface area contributed by atoms with Crippen molar-refractivity contribution < 1.29 is 137 Å². The normalized spacial score (nSPS) is 15.6. The van der Waals surface area contributed by atoms with Gasteiger partial charge in [0.25, 0.3) is 0 Å². The Hall–Kier alpha value is -13.0. The number of rotatable bonds is 57. The number of likely N-dealkylation sites (tertiary alicyclic amines) is 1. The standard InChI is InChI=1S/C84H123N17O28/c1-8-45(4)70(82(127)94-57(37-51-22-26-53(107)27-23-51)76(121)90-55(34-44(2)3)75(120)92-59(38-68(114)115)74(119)88-46(5)16-12-14-31-85)99-81(126)62(43-103)96-77(122)56(36-50-20-24-52(106)25-21-50)91-78(123)60(39-69(116)117)93-80(125)61(42-102)97-84(129)72(48(7)105)100-79(124)58(35-49-17-10-9-11-18-49)95-83(128)71(47(6)104)98-64(109)40-87-73(118)54(28-29-67(112)113)89-63(108)30-32-86-65(110)41-101-33-15-13-19-66(101)111/h9-11,17-18,20-27,44-48,54-62,70-72,102-107H,8,12-16,19,28-43,85H2,1-7H3,(H,86,110)(H,87,118)(H,88,119)(H,89,108)(H,90,121)(H,91,123)(H,92,120)(H,93,125)(H,94,127)(H,95,128)(H,96,122)(H,97,129)(H,98,109)(H,99,126)(H,100,124)(H,112,113)(H,114,115)(H,116,117)/t45-,46+,47+,48+,54-,55-,56-,57-,58-,59-,60-,61-,62-,70-,71-,72-/m0/s1. The largest absolute Gasteiger partial charge is 0.508 e. The lowest BCUT2D eigenvalue weighted by molar-refractivity contribution is -0.142. The molecule has 16 atom stereocenters. The minimum absolute atomic E-state index is 0.0785. The summed E-state index contributed by atoms with van der Waals surface area (Å²) in [6, 6.07) is -4.26. The van der Waals surface area contributed by atoms with Crippen molar-refractivity contribution in [1.29, 1.82) is 0 Å². The maximum Gasteiger partial charge on any atom is 0.305 e. The van der Waals surface area contributed by atoms with E-state index in [1.807, 2.05) is 0 Å². The maximum absolute atomic E-state index is 14.7. The summed E-state index contributed by atoms with van der Waals surface area (Å²) in [5.41, 5.74) is 6.49. The third-order valence-electron chi connectivity index (χ3n) is 20.5. The third kappa shape index (κ3) is 39.4. The van der Waals surface area contributed by atoms with Crippen molar-refractivity contribution in [2.24, 2.45) is 17.6 Å². The Morgan fingerprint density at radius 2 is 0.829 bits per heavy atom. The number of aliphatic hydroxyl groups excluding tert-OH is 4. The molecular weight excluding hydrogens is 1700 g/mol. The molecule has 0 aromatic heterocycles. The van der Waals surface area contributed by atoms with E-state index in [-0.39, 0.29) is 67.7 Å². The number of aliphatic hydroxyl groups is 4. The molecule has 1 fully saturated rings. The fourth-order valence-corrected chi connectivity index (χ4v) is 13.1. The number of nitrogens with two attached hydrogens (primary N) is 1. The number of unbranched alkanes of at least 4 members (excludes halogenated alkanes) is 1. The van der Waals surface area contributed by atoms with E-state index in [0.29, 0.717) is 56.3 Å². The molecule has 45 nitrogen and oxygen atoms in total. The smallest absolute Gasteiger partial charge is 0.305 e. The van der Waals surface area contributed by atoms with Crippen LogP contribution in [0.5, 0.6) is 11.5 Å². The first kappa shape index (κ1) is 108. The summed E-state index contributed by atoms with van der Waals surface area (Å²) in [5.74, 6) is -23.1. The number of carbonyl (C=O) groups excluding carboxylic acids is 16. The van der Waals surface area contributed by atoms with Crippen molar-refractivity contribution >= 4 is 112 Å². The summed E-state index contributed by atoms with van der Waals surface area (Å²) in [6.07, 6.45) is -5.07. The number of benzene rings is 3. The van der Waals surface area contributed by atoms with E-state index < -0.39 is 268 Å². The minimum Gasteiger partial charge on any atom is -0.508 e. The summed E-state index contributed by atoms with van der Waals surface area (Å²) < 4.78 is 0. The molecule has 712 valence electrons. The highest BCUT2D eigenvalue weighted by molar-refractivity contribution is 6.01. The van der Waals surface area contributed by atoms with Gasteiger partial charge in [-0.25, -0.2) is 0 Å². The highest BCUT2D eigenvalue weighted by Gasteiger charge is 2.40. The summed E-state index contributed by atoms with van der Waals surface area (Å²) >= 11 is 0. The fraction of sp³-hybridized carbons (Fsp3) is 0.560. The summed E-state index contributed by atoms with van der Waals surface area (Å²) in [4.78, 5) is 259. The van der Waals surface area contributed by atoms with Crippen LogP contribution in [-0.2, 0) is 110 Å². The van der Waals surface area contributed by atoms with Crippen LogP contribution in [0.15, 0.2) is 78.9 Å². The van der Waals surface area contributed by atoms with Crippen LogP contribution in [0.4, 0.5) is 0 Å². The second-order valence-electron chi connectivity index (χ2n) is 31.8. The molecule has 0 unspecified atom stereocenters. The number of hydrogen-bond donors (Lipinski definition) is 25. The molecule has 0 bridgehead atoms. The number of hydrogen-bond acceptors (Lipinski definition) is 26. The Labute approximate surface area is 743 Å². The Kier molecular flexibility index (Phi) is 46.7. The highest BCUT2D eigenvalue weighted by Crippen LogP contribution is 2.19. The van der Waals surface area contributed by atoms with Gasteiger partial charge in [-0.15, -0.1) is 0 Å². The summed E-state index contributed by atoms with van der Waals surface area (Å²) in [6.45, 7) is 7.10. The van der Waals surface area contributed by atoms with Crippen LogP contribution in [-0.4, -0.2) is 300 Å². The van der Waals surface area contributed by atoms with Crippen LogP contribution in [0.2, 0.25) is 0 Å². The number of carbonyl (C=O) groups is 19. The van der Waals surface area contributed by atoms with Gasteiger partial charge < -0.3 is 136 Å². The van der Waals surface area contributed by atoms with Gasteiger partial charge in [-0.1, -0.05) is 95.1 Å². The average molecular weight is 1820 g/mol. The zero-order chi connectivity index (χ0) is 96.3. The van der Waals surface area contributed by atoms with E-state index in [9.17, 15) is 137 Å². The van der Waals surface area contributed by atoms with E-state index >= 15 is 0 Å². The van der Waals surface area contributed by atoms with Crippen LogP contribution in [0.1, 0.15) is 149 Å². The van der Waals surface area contributed by atoms with Gasteiger partial charge in [-0.05, 0) is 119 Å². The molecular formula is C84H123N17O28. The molecule has 1 aliphatic heterocycles. The first-order valence-electron chi connectivity index (χ1n) is 42.2. The molecule has 16 amide bonds. The quantitative estimate of drug-likeness (QED) is 0.0234. The number of carboxylic acids is 3. The number of aromatic hydroxyl groups is 2. The SMILES string of the molecule is CC[C@H](C)[C@H](NC(=O)[C@H](CO)NC(=O)[C@H](Cc1ccc(O)cc1)NC(=O)[C@H](CC(=O)O)NC(=O)[C@H](CO)NC(=O)[C@@H](NC(=O)[C@H](Cc1ccccc1)NC(=O)[C@@H](NC(=O)CNC(=O)[C@H](CCC(=O)O)NC(=O)CCNC(=O)CN1CCCCC1=O)[C@@H](C)O)[C@@H](C)O)C(=O)N[C@@H](Cc1ccc(O)cc1)C(=O)N[C@@H](CC(C)C)C(=O)N[C@@H](CC(=O)O)C(=O)N[C@H](C)CCCCN. The first-order valence-corrected chi connectivity index (χ1v) is 42.2. The van der Waals surface area contributed by atoms with Gasteiger partial charge >= 0.3 is 17.9 Å². The van der Waals surface area contributed by atoms with Crippen LogP contribution >= 0.6 is 0 Å². The van der Waals surface area contributed by atoms with E-state index in [2.05, 4.69) is 79.8 Å². The van der Waals surface area contributed by atoms with Gasteiger partial charge in [-0.3, -0.25) is 91.1 Å². The van der Waals surface area contributed by atoms with Crippen molar-refractivity contribution in [2.45, 2.75) is 242 Å². The van der Waals surface area contributed by atoms with E-state index in [1.54, 1.807) is 45.9 Å². The number of piperidine rings is 1. The fourth-order valence-electron chi connectivity index (χ4n) is 13.1. The first-order chi connectivity index (χ1) is 60.9. The second kappa shape index (κ2) is 55.6. The molecule has 4 rings (SSSR count). The van der Waals surface area contributed by atoms with Crippen molar-refractivity contribution in [3.05, 3.63) is 95.6 Å². The molecule has 45 heteroatoms. The van der Waals surface area contributed by atoms with Crippen molar-refractivity contribution in [1.82, 2.24) is 84.7 Å². The molecule has 1 saturated heterocycles. The van der Waals surface area contributed by atoms with Crippen molar-refractivity contribution in [3.8, 4) is 11.5 Å². The van der Waals surface area contributed by atoms with E-state index in [1.165, 1.54) is 72.5 Å². The summed E-state index contributed by atoms with van der Waals surface area (Å²) in [7, 11) is 0. The molecule has 0 spiro atoms. The molecule has 1 heterocycles. The monoisotopic (exact) mass is 1820 g/mol. The number of phenolic OH excluding ortho intramolecular Hbond substituents is 2. The molecule has 3 aromatic carbocycles. The molecule has 129 heavy (non-hydrogen) atoms. The topological polar surface area (TPSA) is 716 Å². The van der Waals surface area contributed by atoms with Gasteiger partial charge in [0.05, 0.1) is 51.4 Å². The number of nitrogens with one attached hydrogen (secondary N) is 15. The molecule has 1 aliphatic rings. The lowest BCUT2D eigenvalue weighted by atomic mass is 9.96. The number of nitrogens with zero attached hydrogens (tertiary/aromatic N) is 1. The Balaban J connectivity index is 1.54. The second-order valence-corrected chi connectivity index (χ2v) is 31.8. The summed E-state index contributed by atoms with van der Waals surface area (Å²) in [5, 5.41) is 128. The third-order valence-corrected chi connectivity index (χ3v) is 20.5. The molecule has 0 radical (unpaired) electrons. The van der Waals surface area contributed by atoms with Crippen LogP contribution in [0.3, 0.4) is 0 Å². The zero-order valence-corrected chi connectivity index (χ0v) is 72.9. The van der Waals surface area contributed by atoms with E-state index in [0.717, 1.165) is 13.8 Å². The van der Waals surface area contributed by atoms with Crippen molar-refractivity contribution in [2.75, 3.05) is 45.9 Å². The van der Waals surface area contributed by atoms with Crippen molar-refractivity contribution in [3.63, 3.8) is 0 Å². The van der Waals surface area contributed by atoms with Gasteiger partial charge in [0.15, 0.2) is 0 Å². The Morgan fingerprint density at radius 1 is 0.411 bits per heavy atom. The van der Waals surface area contributed by atoms with Crippen LogP contribution < -0.4 is 85.5 Å². The van der Waals surface area contributed by atoms with Gasteiger partial charge in [0, 0.05) is 57.7 Å². The Bertz CT molecular complexity index is 4310. The predicted octanol–water partition coefficient (Wildman–Crippen LogP) is -6.14. The van der Waals surface area contributed by atoms with E-state index in [4.69, 9.17) is 5.73 Å². The van der Waals surface area contributed by atoms with Gasteiger partial charge in [0.2, 0.25) is 94.5 Å². The number of carboxylic acid groups (broad SMARTS) is 3. The number of amides is 16. The maximum atomic E-state index is 14.7. The lowest BCUT2D eigenvalue weighted by Crippen LogP contribution is -2.63. The predicted molar refractivity (Wildman–Crippen MR) is 456 cm³/mol. The molecule has 26 N–H and O–H groups in total. The highest BCUT2D eigenvalue weighted by atomic mass is 16.4. The average Bonchev–Trinajstić information content (AvgIpc) is 0.836. The number of aliphatic carboxylic acids is 3. The van der Waals surface area contributed by atoms with Crippen LogP contribution in [0, 0.1) is 11.8 Å².